The maximum atomic E-state index is 6.02. The topological polar surface area (TPSA) is 38.9 Å². The first-order valence-electron chi connectivity index (χ1n) is 5.60. The normalized spacial score (nSPS) is 12.7. The molecule has 17 heavy (non-hydrogen) atoms. The highest BCUT2D eigenvalue weighted by Crippen LogP contribution is 2.31. The fourth-order valence-corrected chi connectivity index (χ4v) is 2.92. The van der Waals surface area contributed by atoms with E-state index >= 15 is 0 Å². The molecule has 0 fully saturated rings. The average molecular weight is 311 g/mol. The van der Waals surface area contributed by atoms with Crippen molar-refractivity contribution in [2.75, 3.05) is 0 Å². The van der Waals surface area contributed by atoms with Gasteiger partial charge in [-0.15, -0.1) is 11.3 Å². The highest BCUT2D eigenvalue weighted by atomic mass is 79.9. The molecular formula is C13H15BrN2S. The van der Waals surface area contributed by atoms with Crippen LogP contribution >= 0.6 is 27.3 Å². The Kier molecular flexibility index (Phi) is 3.97. The van der Waals surface area contributed by atoms with Crippen molar-refractivity contribution >= 4 is 27.3 Å². The summed E-state index contributed by atoms with van der Waals surface area (Å²) in [6, 6.07) is 8.28. The van der Waals surface area contributed by atoms with Crippen molar-refractivity contribution in [2.24, 2.45) is 5.73 Å². The summed E-state index contributed by atoms with van der Waals surface area (Å²) in [4.78, 5) is 5.89. The quantitative estimate of drug-likeness (QED) is 0.918. The van der Waals surface area contributed by atoms with Crippen molar-refractivity contribution in [3.05, 3.63) is 38.6 Å². The molecule has 0 amide bonds. The Labute approximate surface area is 114 Å². The lowest BCUT2D eigenvalue weighted by Gasteiger charge is -2.02. The van der Waals surface area contributed by atoms with Crippen LogP contribution in [-0.2, 0) is 0 Å². The van der Waals surface area contributed by atoms with Crippen LogP contribution in [0.15, 0.2) is 28.7 Å². The van der Waals surface area contributed by atoms with Gasteiger partial charge in [0.25, 0.3) is 0 Å². The van der Waals surface area contributed by atoms with Crippen LogP contribution in [0.2, 0.25) is 0 Å². The molecule has 2 N–H and O–H groups in total. The Balaban J connectivity index is 2.39. The van der Waals surface area contributed by atoms with Gasteiger partial charge in [-0.25, -0.2) is 4.98 Å². The molecule has 0 aliphatic rings. The lowest BCUT2D eigenvalue weighted by atomic mass is 10.1. The second-order valence-electron chi connectivity index (χ2n) is 3.98. The molecule has 2 nitrogen and oxygen atoms in total. The van der Waals surface area contributed by atoms with Crippen molar-refractivity contribution in [1.82, 2.24) is 4.98 Å². The zero-order valence-corrected chi connectivity index (χ0v) is 12.3. The van der Waals surface area contributed by atoms with Crippen LogP contribution < -0.4 is 5.73 Å². The smallest absolute Gasteiger partial charge is 0.110 e. The third-order valence-electron chi connectivity index (χ3n) is 2.69. The predicted molar refractivity (Wildman–Crippen MR) is 77.2 cm³/mol. The molecule has 0 aliphatic carbocycles. The van der Waals surface area contributed by atoms with Crippen molar-refractivity contribution in [3.63, 3.8) is 0 Å². The summed E-state index contributed by atoms with van der Waals surface area (Å²) in [7, 11) is 0. The Morgan fingerprint density at radius 3 is 2.59 bits per heavy atom. The van der Waals surface area contributed by atoms with E-state index in [1.54, 1.807) is 11.3 Å². The number of thiazole rings is 1. The number of rotatable bonds is 3. The van der Waals surface area contributed by atoms with Gasteiger partial charge in [0.15, 0.2) is 0 Å². The van der Waals surface area contributed by atoms with Crippen molar-refractivity contribution in [1.29, 1.82) is 0 Å². The molecule has 2 rings (SSSR count). The summed E-state index contributed by atoms with van der Waals surface area (Å²) in [6.07, 6.45) is 0.923. The summed E-state index contributed by atoms with van der Waals surface area (Å²) in [6.45, 7) is 4.18. The molecule has 0 bridgehead atoms. The van der Waals surface area contributed by atoms with Crippen LogP contribution in [0.1, 0.15) is 29.3 Å². The first-order valence-corrected chi connectivity index (χ1v) is 7.21. The Morgan fingerprint density at radius 1 is 1.35 bits per heavy atom. The second kappa shape index (κ2) is 5.29. The van der Waals surface area contributed by atoms with Crippen LogP contribution in [0, 0.1) is 6.92 Å². The minimum Gasteiger partial charge on any atom is -0.322 e. The van der Waals surface area contributed by atoms with E-state index in [4.69, 9.17) is 5.73 Å². The zero-order valence-electron chi connectivity index (χ0n) is 9.90. The first-order chi connectivity index (χ1) is 8.11. The highest BCUT2D eigenvalue weighted by Gasteiger charge is 2.13. The minimum absolute atomic E-state index is 0.0582. The van der Waals surface area contributed by atoms with E-state index in [1.807, 2.05) is 12.1 Å². The molecule has 1 atom stereocenters. The highest BCUT2D eigenvalue weighted by molar-refractivity contribution is 9.10. The predicted octanol–water partition coefficient (Wildman–Crippen LogP) is 4.29. The van der Waals surface area contributed by atoms with Crippen molar-refractivity contribution < 1.29 is 0 Å². The number of hydrogen-bond donors (Lipinski definition) is 1. The van der Waals surface area contributed by atoms with Crippen LogP contribution in [0.3, 0.4) is 0 Å². The van der Waals surface area contributed by atoms with E-state index in [-0.39, 0.29) is 6.04 Å². The molecule has 1 aromatic heterocycles. The monoisotopic (exact) mass is 310 g/mol. The largest absolute Gasteiger partial charge is 0.322 e. The number of nitrogens with two attached hydrogens (primary N) is 1. The number of benzene rings is 1. The molecule has 1 unspecified atom stereocenters. The van der Waals surface area contributed by atoms with Crippen molar-refractivity contribution in [3.8, 4) is 11.3 Å². The molecule has 1 aromatic carbocycles. The van der Waals surface area contributed by atoms with Crippen LogP contribution in [0.25, 0.3) is 11.3 Å². The van der Waals surface area contributed by atoms with Gasteiger partial charge in [-0.2, -0.15) is 0 Å². The zero-order chi connectivity index (χ0) is 12.4. The Bertz CT molecular complexity index is 505. The van der Waals surface area contributed by atoms with Gasteiger partial charge >= 0.3 is 0 Å². The summed E-state index contributed by atoms with van der Waals surface area (Å²) in [5.41, 5.74) is 8.23. The lowest BCUT2D eigenvalue weighted by molar-refractivity contribution is 0.693. The van der Waals surface area contributed by atoms with Crippen molar-refractivity contribution in [2.45, 2.75) is 26.3 Å². The maximum Gasteiger partial charge on any atom is 0.110 e. The number of nitrogens with zero attached hydrogens (tertiary/aromatic N) is 1. The van der Waals surface area contributed by atoms with Crippen LogP contribution in [0.4, 0.5) is 0 Å². The minimum atomic E-state index is 0.0582. The van der Waals surface area contributed by atoms with E-state index in [0.717, 1.165) is 27.2 Å². The van der Waals surface area contributed by atoms with Gasteiger partial charge in [-0.1, -0.05) is 35.0 Å². The molecule has 90 valence electrons. The van der Waals surface area contributed by atoms with E-state index in [0.29, 0.717) is 0 Å². The van der Waals surface area contributed by atoms with Crippen LogP contribution in [-0.4, -0.2) is 4.98 Å². The van der Waals surface area contributed by atoms with E-state index in [1.165, 1.54) is 4.88 Å². The lowest BCUT2D eigenvalue weighted by Crippen LogP contribution is -2.07. The number of hydrogen-bond acceptors (Lipinski definition) is 3. The van der Waals surface area contributed by atoms with E-state index < -0.39 is 0 Å². The molecule has 0 spiro atoms. The molecular weight excluding hydrogens is 296 g/mol. The van der Waals surface area contributed by atoms with Crippen LogP contribution in [0.5, 0.6) is 0 Å². The summed E-state index contributed by atoms with van der Waals surface area (Å²) >= 11 is 5.14. The third kappa shape index (κ3) is 2.76. The van der Waals surface area contributed by atoms with Gasteiger partial charge in [-0.3, -0.25) is 0 Å². The number of aryl methyl sites for hydroxylation is 1. The SMILES string of the molecule is CCC(N)c1nc(-c2ccc(Br)cc2)c(C)s1. The van der Waals surface area contributed by atoms with Gasteiger partial charge < -0.3 is 5.73 Å². The van der Waals surface area contributed by atoms with Gasteiger partial charge in [-0.05, 0) is 25.5 Å². The summed E-state index contributed by atoms with van der Waals surface area (Å²) in [5.74, 6) is 0. The van der Waals surface area contributed by atoms with Gasteiger partial charge in [0.05, 0.1) is 11.7 Å². The standard InChI is InChI=1S/C13H15BrN2S/c1-3-11(15)13-16-12(8(2)17-13)9-4-6-10(14)7-5-9/h4-7,11H,3,15H2,1-2H3. The maximum absolute atomic E-state index is 6.02. The molecule has 4 heteroatoms. The van der Waals surface area contributed by atoms with E-state index in [2.05, 4.69) is 46.9 Å². The fourth-order valence-electron chi connectivity index (χ4n) is 1.63. The van der Waals surface area contributed by atoms with Gasteiger partial charge in [0.1, 0.15) is 5.01 Å². The molecule has 0 saturated carbocycles. The molecule has 0 aliphatic heterocycles. The first kappa shape index (κ1) is 12.7. The average Bonchev–Trinajstić information content (AvgIpc) is 2.71. The summed E-state index contributed by atoms with van der Waals surface area (Å²) in [5, 5.41) is 1.03. The Morgan fingerprint density at radius 2 is 2.00 bits per heavy atom. The molecule has 1 heterocycles. The van der Waals surface area contributed by atoms with Gasteiger partial charge in [0, 0.05) is 14.9 Å². The Hall–Kier alpha value is -0.710. The number of aromatic nitrogens is 1. The second-order valence-corrected chi connectivity index (χ2v) is 6.13. The molecule has 0 saturated heterocycles. The van der Waals surface area contributed by atoms with E-state index in [9.17, 15) is 0 Å². The molecule has 0 radical (unpaired) electrons. The summed E-state index contributed by atoms with van der Waals surface area (Å²) < 4.78 is 1.08. The molecule has 2 aromatic rings. The number of halogens is 1. The fraction of sp³-hybridized carbons (Fsp3) is 0.308. The third-order valence-corrected chi connectivity index (χ3v) is 4.32. The van der Waals surface area contributed by atoms with Gasteiger partial charge in [0.2, 0.25) is 0 Å².